The highest BCUT2D eigenvalue weighted by Crippen LogP contribution is 2.33. The van der Waals surface area contributed by atoms with Gasteiger partial charge < -0.3 is 15.8 Å². The number of hydrogen-bond acceptors (Lipinski definition) is 6. The Balaban J connectivity index is 1.60. The second-order valence-corrected chi connectivity index (χ2v) is 8.65. The fourth-order valence-corrected chi connectivity index (χ4v) is 4.60. The van der Waals surface area contributed by atoms with Crippen LogP contribution in [0.3, 0.4) is 0 Å². The molecule has 1 saturated heterocycles. The van der Waals surface area contributed by atoms with E-state index in [-0.39, 0.29) is 6.04 Å². The highest BCUT2D eigenvalue weighted by molar-refractivity contribution is 9.10. The number of nitrogen functional groups attached to an aromatic ring is 1. The molecule has 0 aliphatic carbocycles. The number of nitrogens with two attached hydrogens (primary N) is 1. The minimum absolute atomic E-state index is 0.0125. The summed E-state index contributed by atoms with van der Waals surface area (Å²) in [4.78, 5) is 9.57. The van der Waals surface area contributed by atoms with Gasteiger partial charge in [-0.05, 0) is 54.4 Å². The minimum Gasteiger partial charge on any atom is -0.383 e. The number of rotatable bonds is 4. The first-order chi connectivity index (χ1) is 14.5. The van der Waals surface area contributed by atoms with Crippen molar-refractivity contribution in [2.75, 3.05) is 18.9 Å². The molecule has 4 heterocycles. The summed E-state index contributed by atoms with van der Waals surface area (Å²) in [5.41, 5.74) is 12.0. The summed E-state index contributed by atoms with van der Waals surface area (Å²) >= 11 is 3.63. The molecule has 0 saturated carbocycles. The first-order valence-corrected chi connectivity index (χ1v) is 10.8. The van der Waals surface area contributed by atoms with Crippen LogP contribution < -0.4 is 11.1 Å². The third-order valence-electron chi connectivity index (χ3n) is 5.62. The molecule has 8 heteroatoms. The van der Waals surface area contributed by atoms with Crippen molar-refractivity contribution in [3.05, 3.63) is 52.4 Å². The summed E-state index contributed by atoms with van der Waals surface area (Å²) in [7, 11) is 0. The first-order valence-electron chi connectivity index (χ1n) is 10.0. The molecule has 1 aliphatic heterocycles. The van der Waals surface area contributed by atoms with Crippen molar-refractivity contribution in [3.8, 4) is 11.1 Å². The SMILES string of the molecule is Cc1ccc2ncc(-c3cnn4c(N)c(Br)c(C(C)N[C@@H]5CCOC5)nc34)cc2c1. The van der Waals surface area contributed by atoms with E-state index in [0.29, 0.717) is 11.9 Å². The van der Waals surface area contributed by atoms with Crippen molar-refractivity contribution < 1.29 is 4.74 Å². The molecule has 30 heavy (non-hydrogen) atoms. The van der Waals surface area contributed by atoms with E-state index in [9.17, 15) is 0 Å². The van der Waals surface area contributed by atoms with Gasteiger partial charge in [-0.1, -0.05) is 11.6 Å². The van der Waals surface area contributed by atoms with Gasteiger partial charge in [-0.25, -0.2) is 4.98 Å². The maximum Gasteiger partial charge on any atom is 0.165 e. The Morgan fingerprint density at radius 1 is 1.30 bits per heavy atom. The standard InChI is InChI=1S/C22H23BrN6O/c1-12-3-4-18-14(7-12)8-15(9-25-18)17-10-26-29-21(24)19(23)20(28-22(17)29)13(2)27-16-5-6-30-11-16/h3-4,7-10,13,16,27H,5-6,11,24H2,1-2H3/t13?,16-/m1/s1. The van der Waals surface area contributed by atoms with Gasteiger partial charge in [0, 0.05) is 41.4 Å². The van der Waals surface area contributed by atoms with Gasteiger partial charge in [0.05, 0.1) is 28.5 Å². The lowest BCUT2D eigenvalue weighted by molar-refractivity contribution is 0.188. The van der Waals surface area contributed by atoms with Crippen LogP contribution in [0.4, 0.5) is 5.82 Å². The zero-order valence-electron chi connectivity index (χ0n) is 16.9. The molecule has 5 rings (SSSR count). The first kappa shape index (κ1) is 19.4. The van der Waals surface area contributed by atoms with Gasteiger partial charge in [0.15, 0.2) is 5.65 Å². The van der Waals surface area contributed by atoms with Crippen LogP contribution in [-0.4, -0.2) is 38.8 Å². The largest absolute Gasteiger partial charge is 0.383 e. The quantitative estimate of drug-likeness (QED) is 0.471. The van der Waals surface area contributed by atoms with Crippen molar-refractivity contribution in [3.63, 3.8) is 0 Å². The second-order valence-electron chi connectivity index (χ2n) is 7.86. The molecule has 1 fully saturated rings. The van der Waals surface area contributed by atoms with Gasteiger partial charge in [0.25, 0.3) is 0 Å². The van der Waals surface area contributed by atoms with Gasteiger partial charge in [0.1, 0.15) is 5.82 Å². The van der Waals surface area contributed by atoms with E-state index in [1.165, 1.54) is 5.56 Å². The zero-order chi connectivity index (χ0) is 20.8. The molecule has 3 N–H and O–H groups in total. The Labute approximate surface area is 182 Å². The molecular weight excluding hydrogens is 444 g/mol. The predicted molar refractivity (Wildman–Crippen MR) is 121 cm³/mol. The molecule has 0 radical (unpaired) electrons. The fraction of sp³-hybridized carbons (Fsp3) is 0.318. The summed E-state index contributed by atoms with van der Waals surface area (Å²) in [6, 6.07) is 8.71. The van der Waals surface area contributed by atoms with Gasteiger partial charge in [0.2, 0.25) is 0 Å². The number of halogens is 1. The van der Waals surface area contributed by atoms with E-state index >= 15 is 0 Å². The molecule has 1 aromatic carbocycles. The summed E-state index contributed by atoms with van der Waals surface area (Å²) in [5, 5.41) is 9.17. The van der Waals surface area contributed by atoms with Gasteiger partial charge in [-0.15, -0.1) is 0 Å². The fourth-order valence-electron chi connectivity index (χ4n) is 4.00. The lowest BCUT2D eigenvalue weighted by atomic mass is 10.1. The topological polar surface area (TPSA) is 90.4 Å². The molecule has 2 atom stereocenters. The summed E-state index contributed by atoms with van der Waals surface area (Å²) in [5.74, 6) is 0.530. The van der Waals surface area contributed by atoms with Crippen LogP contribution in [0, 0.1) is 6.92 Å². The molecule has 1 unspecified atom stereocenters. The van der Waals surface area contributed by atoms with Crippen LogP contribution in [-0.2, 0) is 4.74 Å². The predicted octanol–water partition coefficient (Wildman–Crippen LogP) is 4.04. The van der Waals surface area contributed by atoms with E-state index in [4.69, 9.17) is 15.5 Å². The number of nitrogens with one attached hydrogen (secondary N) is 1. The lowest BCUT2D eigenvalue weighted by Crippen LogP contribution is -2.32. The maximum atomic E-state index is 6.41. The van der Waals surface area contributed by atoms with Gasteiger partial charge >= 0.3 is 0 Å². The third kappa shape index (κ3) is 3.34. The normalized spacial score (nSPS) is 17.8. The smallest absolute Gasteiger partial charge is 0.165 e. The number of ether oxygens (including phenoxy) is 1. The Hall–Kier alpha value is -2.55. The van der Waals surface area contributed by atoms with Crippen LogP contribution in [0.2, 0.25) is 0 Å². The molecule has 0 spiro atoms. The Kier molecular flexibility index (Phi) is 4.92. The molecule has 3 aromatic heterocycles. The van der Waals surface area contributed by atoms with Crippen molar-refractivity contribution in [1.29, 1.82) is 0 Å². The van der Waals surface area contributed by atoms with Crippen molar-refractivity contribution in [1.82, 2.24) is 24.9 Å². The maximum absolute atomic E-state index is 6.41. The zero-order valence-corrected chi connectivity index (χ0v) is 18.5. The summed E-state index contributed by atoms with van der Waals surface area (Å²) in [6.07, 6.45) is 4.67. The number of anilines is 1. The highest BCUT2D eigenvalue weighted by Gasteiger charge is 2.23. The molecule has 154 valence electrons. The van der Waals surface area contributed by atoms with Crippen LogP contribution in [0.5, 0.6) is 0 Å². The average Bonchev–Trinajstić information content (AvgIpc) is 3.39. The molecule has 0 bridgehead atoms. The monoisotopic (exact) mass is 466 g/mol. The summed E-state index contributed by atoms with van der Waals surface area (Å²) in [6.45, 7) is 5.69. The molecule has 4 aromatic rings. The number of nitrogens with zero attached hydrogens (tertiary/aromatic N) is 4. The van der Waals surface area contributed by atoms with E-state index in [1.807, 2.05) is 12.3 Å². The number of aromatic nitrogens is 4. The van der Waals surface area contributed by atoms with E-state index in [2.05, 4.69) is 63.4 Å². The average molecular weight is 467 g/mol. The van der Waals surface area contributed by atoms with Crippen molar-refractivity contribution in [2.45, 2.75) is 32.4 Å². The van der Waals surface area contributed by atoms with E-state index in [1.54, 1.807) is 10.7 Å². The Morgan fingerprint density at radius 3 is 2.97 bits per heavy atom. The van der Waals surface area contributed by atoms with Crippen molar-refractivity contribution in [2.24, 2.45) is 0 Å². The number of benzene rings is 1. The Morgan fingerprint density at radius 2 is 2.17 bits per heavy atom. The molecular formula is C22H23BrN6O. The van der Waals surface area contributed by atoms with Crippen LogP contribution in [0.15, 0.2) is 41.1 Å². The number of aryl methyl sites for hydroxylation is 1. The summed E-state index contributed by atoms with van der Waals surface area (Å²) < 4.78 is 7.92. The number of pyridine rings is 1. The third-order valence-corrected chi connectivity index (χ3v) is 6.43. The van der Waals surface area contributed by atoms with Crippen LogP contribution in [0.1, 0.15) is 30.6 Å². The second kappa shape index (κ2) is 7.61. The highest BCUT2D eigenvalue weighted by atomic mass is 79.9. The van der Waals surface area contributed by atoms with E-state index < -0.39 is 0 Å². The molecule has 7 nitrogen and oxygen atoms in total. The molecule has 0 amide bonds. The Bertz CT molecular complexity index is 1250. The van der Waals surface area contributed by atoms with Crippen LogP contribution in [0.25, 0.3) is 27.7 Å². The van der Waals surface area contributed by atoms with Crippen LogP contribution >= 0.6 is 15.9 Å². The number of hydrogen-bond donors (Lipinski definition) is 2. The van der Waals surface area contributed by atoms with Crippen molar-refractivity contribution >= 4 is 38.3 Å². The lowest BCUT2D eigenvalue weighted by Gasteiger charge is -2.20. The number of fused-ring (bicyclic) bond motifs is 2. The van der Waals surface area contributed by atoms with E-state index in [0.717, 1.165) is 57.5 Å². The molecule has 1 aliphatic rings. The minimum atomic E-state index is 0.0125. The van der Waals surface area contributed by atoms with Gasteiger partial charge in [-0.2, -0.15) is 9.61 Å². The van der Waals surface area contributed by atoms with Gasteiger partial charge in [-0.3, -0.25) is 4.98 Å².